The molecule has 2 aromatic carbocycles. The normalized spacial score (nSPS) is 11.9. The third-order valence-electron chi connectivity index (χ3n) is 3.58. The van der Waals surface area contributed by atoms with Gasteiger partial charge in [-0.2, -0.15) is 0 Å². The van der Waals surface area contributed by atoms with Crippen LogP contribution >= 0.6 is 11.6 Å². The minimum Gasteiger partial charge on any atom is -0.207 e. The van der Waals surface area contributed by atoms with Crippen molar-refractivity contribution in [2.24, 2.45) is 0 Å². The van der Waals surface area contributed by atoms with Crippen LogP contribution in [-0.4, -0.2) is 8.42 Å². The number of sulfonamides is 1. The molecule has 1 N–H and O–H groups in total. The molecule has 22 heavy (non-hydrogen) atoms. The molecule has 0 aromatic heterocycles. The fourth-order valence-electron chi connectivity index (χ4n) is 2.16. The third-order valence-corrected chi connectivity index (χ3v) is 5.49. The van der Waals surface area contributed by atoms with Gasteiger partial charge in [0, 0.05) is 11.6 Å². The summed E-state index contributed by atoms with van der Waals surface area (Å²) in [6.07, 6.45) is 0. The van der Waals surface area contributed by atoms with E-state index in [0.29, 0.717) is 9.92 Å². The first-order valence-corrected chi connectivity index (χ1v) is 9.01. The van der Waals surface area contributed by atoms with Crippen LogP contribution in [0.15, 0.2) is 47.4 Å². The van der Waals surface area contributed by atoms with Crippen LogP contribution in [-0.2, 0) is 16.6 Å². The van der Waals surface area contributed by atoms with Crippen molar-refractivity contribution in [1.82, 2.24) is 4.72 Å². The van der Waals surface area contributed by atoms with Crippen LogP contribution in [0, 0.1) is 6.92 Å². The summed E-state index contributed by atoms with van der Waals surface area (Å²) in [5, 5.41) is 0.554. The van der Waals surface area contributed by atoms with Gasteiger partial charge in [-0.25, -0.2) is 13.1 Å². The van der Waals surface area contributed by atoms with E-state index in [2.05, 4.69) is 4.72 Å². The number of halogens is 1. The van der Waals surface area contributed by atoms with Gasteiger partial charge in [0.1, 0.15) is 0 Å². The molecule has 0 aliphatic rings. The number of nitrogens with one attached hydrogen (secondary N) is 1. The van der Waals surface area contributed by atoms with Crippen LogP contribution < -0.4 is 4.72 Å². The minimum absolute atomic E-state index is 0.174. The van der Waals surface area contributed by atoms with Gasteiger partial charge in [-0.3, -0.25) is 0 Å². The quantitative estimate of drug-likeness (QED) is 0.886. The molecular formula is C17H20ClNO2S. The fourth-order valence-corrected chi connectivity index (χ4v) is 3.64. The summed E-state index contributed by atoms with van der Waals surface area (Å²) in [4.78, 5) is 0.325. The Balaban J connectivity index is 2.27. The monoisotopic (exact) mass is 337 g/mol. The van der Waals surface area contributed by atoms with E-state index in [1.54, 1.807) is 19.1 Å². The van der Waals surface area contributed by atoms with Crippen molar-refractivity contribution in [2.75, 3.05) is 0 Å². The van der Waals surface area contributed by atoms with Crippen LogP contribution in [0.3, 0.4) is 0 Å². The first-order valence-electron chi connectivity index (χ1n) is 7.15. The first-order chi connectivity index (χ1) is 10.3. The molecule has 5 heteroatoms. The predicted molar refractivity (Wildman–Crippen MR) is 90.7 cm³/mol. The fraction of sp³-hybridized carbons (Fsp3) is 0.294. The number of hydrogen-bond donors (Lipinski definition) is 1. The lowest BCUT2D eigenvalue weighted by Crippen LogP contribution is -2.24. The molecule has 0 radical (unpaired) electrons. The van der Waals surface area contributed by atoms with E-state index in [0.717, 1.165) is 16.7 Å². The van der Waals surface area contributed by atoms with Gasteiger partial charge in [-0.1, -0.05) is 55.8 Å². The molecular weight excluding hydrogens is 318 g/mol. The van der Waals surface area contributed by atoms with Crippen molar-refractivity contribution in [3.8, 4) is 0 Å². The van der Waals surface area contributed by atoms with Gasteiger partial charge >= 0.3 is 0 Å². The molecule has 0 saturated carbocycles. The molecule has 0 aliphatic heterocycles. The van der Waals surface area contributed by atoms with Crippen LogP contribution in [0.5, 0.6) is 0 Å². The van der Waals surface area contributed by atoms with E-state index in [1.807, 2.05) is 44.2 Å². The SMILES string of the molecule is Cc1ccc(C(C)C)cc1S(=O)(=O)NCc1ccccc1Cl. The maximum atomic E-state index is 12.6. The van der Waals surface area contributed by atoms with Gasteiger partial charge in [-0.05, 0) is 41.7 Å². The second-order valence-corrected chi connectivity index (χ2v) is 7.74. The van der Waals surface area contributed by atoms with Crippen molar-refractivity contribution in [1.29, 1.82) is 0 Å². The molecule has 0 saturated heterocycles. The molecule has 0 unspecified atom stereocenters. The van der Waals surface area contributed by atoms with Crippen molar-refractivity contribution in [3.05, 3.63) is 64.2 Å². The Labute approximate surface area is 137 Å². The molecule has 0 amide bonds. The topological polar surface area (TPSA) is 46.2 Å². The lowest BCUT2D eigenvalue weighted by atomic mass is 10.0. The van der Waals surface area contributed by atoms with Crippen molar-refractivity contribution < 1.29 is 8.42 Å². The van der Waals surface area contributed by atoms with Gasteiger partial charge in [0.05, 0.1) is 4.90 Å². The molecule has 0 heterocycles. The summed E-state index contributed by atoms with van der Waals surface area (Å²) >= 11 is 6.06. The van der Waals surface area contributed by atoms with E-state index in [9.17, 15) is 8.42 Å². The molecule has 0 atom stereocenters. The smallest absolute Gasteiger partial charge is 0.207 e. The summed E-state index contributed by atoms with van der Waals surface area (Å²) in [6.45, 7) is 6.05. The summed E-state index contributed by atoms with van der Waals surface area (Å²) in [5.74, 6) is 0.276. The highest BCUT2D eigenvalue weighted by molar-refractivity contribution is 7.89. The first kappa shape index (κ1) is 17.0. The van der Waals surface area contributed by atoms with E-state index >= 15 is 0 Å². The Morgan fingerprint density at radius 1 is 1.14 bits per heavy atom. The highest BCUT2D eigenvalue weighted by Crippen LogP contribution is 2.23. The van der Waals surface area contributed by atoms with E-state index in [4.69, 9.17) is 11.6 Å². The summed E-state index contributed by atoms with van der Waals surface area (Å²) in [5.41, 5.74) is 2.49. The zero-order valence-electron chi connectivity index (χ0n) is 12.9. The van der Waals surface area contributed by atoms with E-state index < -0.39 is 10.0 Å². The van der Waals surface area contributed by atoms with Gasteiger partial charge in [-0.15, -0.1) is 0 Å². The lowest BCUT2D eigenvalue weighted by molar-refractivity contribution is 0.580. The van der Waals surface area contributed by atoms with Crippen LogP contribution in [0.2, 0.25) is 5.02 Å². The molecule has 0 aliphatic carbocycles. The molecule has 0 fully saturated rings. The maximum absolute atomic E-state index is 12.6. The second kappa shape index (κ2) is 6.82. The van der Waals surface area contributed by atoms with Gasteiger partial charge < -0.3 is 0 Å². The van der Waals surface area contributed by atoms with E-state index in [-0.39, 0.29) is 12.5 Å². The van der Waals surface area contributed by atoms with Gasteiger partial charge in [0.2, 0.25) is 10.0 Å². The minimum atomic E-state index is -3.57. The number of rotatable bonds is 5. The maximum Gasteiger partial charge on any atom is 0.241 e. The summed E-state index contributed by atoms with van der Waals surface area (Å²) < 4.78 is 27.7. The molecule has 3 nitrogen and oxygen atoms in total. The second-order valence-electron chi connectivity index (χ2n) is 5.60. The molecule has 0 bridgehead atoms. The summed E-state index contributed by atoms with van der Waals surface area (Å²) in [7, 11) is -3.57. The average molecular weight is 338 g/mol. The van der Waals surface area contributed by atoms with Gasteiger partial charge in [0.15, 0.2) is 0 Å². The predicted octanol–water partition coefficient (Wildman–Crippen LogP) is 4.25. The molecule has 2 rings (SSSR count). The van der Waals surface area contributed by atoms with Crippen LogP contribution in [0.1, 0.15) is 36.5 Å². The Bertz CT molecular complexity index is 770. The average Bonchev–Trinajstić information content (AvgIpc) is 2.46. The Morgan fingerprint density at radius 3 is 2.45 bits per heavy atom. The molecule has 0 spiro atoms. The third kappa shape index (κ3) is 3.88. The largest absolute Gasteiger partial charge is 0.241 e. The lowest BCUT2D eigenvalue weighted by Gasteiger charge is -2.13. The molecule has 2 aromatic rings. The number of aryl methyl sites for hydroxylation is 1. The van der Waals surface area contributed by atoms with Crippen molar-refractivity contribution in [3.63, 3.8) is 0 Å². The Hall–Kier alpha value is -1.36. The van der Waals surface area contributed by atoms with Gasteiger partial charge in [0.25, 0.3) is 0 Å². The number of benzene rings is 2. The van der Waals surface area contributed by atoms with Crippen LogP contribution in [0.4, 0.5) is 0 Å². The highest BCUT2D eigenvalue weighted by Gasteiger charge is 2.18. The Morgan fingerprint density at radius 2 is 1.82 bits per heavy atom. The zero-order valence-corrected chi connectivity index (χ0v) is 14.5. The standard InChI is InChI=1S/C17H20ClNO2S/c1-12(2)14-9-8-13(3)17(10-14)22(20,21)19-11-15-6-4-5-7-16(15)18/h4-10,12,19H,11H2,1-3H3. The zero-order chi connectivity index (χ0) is 16.3. The highest BCUT2D eigenvalue weighted by atomic mass is 35.5. The Kier molecular flexibility index (Phi) is 5.27. The number of hydrogen-bond acceptors (Lipinski definition) is 2. The van der Waals surface area contributed by atoms with Crippen LogP contribution in [0.25, 0.3) is 0 Å². The summed E-state index contributed by atoms with van der Waals surface area (Å²) in [6, 6.07) is 12.8. The molecule has 118 valence electrons. The van der Waals surface area contributed by atoms with Crippen molar-refractivity contribution >= 4 is 21.6 Å². The van der Waals surface area contributed by atoms with E-state index in [1.165, 1.54) is 0 Å². The van der Waals surface area contributed by atoms with Crippen molar-refractivity contribution in [2.45, 2.75) is 38.1 Å².